The molecule has 8 heteroatoms. The highest BCUT2D eigenvalue weighted by Gasteiger charge is 2.26. The maximum absolute atomic E-state index is 12.1. The number of hydrogen-bond donors (Lipinski definition) is 0. The molecule has 23 heavy (non-hydrogen) atoms. The van der Waals surface area contributed by atoms with Crippen molar-refractivity contribution >= 4 is 11.8 Å². The zero-order valence-electron chi connectivity index (χ0n) is 13.5. The van der Waals surface area contributed by atoms with Gasteiger partial charge in [0.2, 0.25) is 5.88 Å². The molecule has 0 radical (unpaired) electrons. The van der Waals surface area contributed by atoms with Gasteiger partial charge >= 0.3 is 12.7 Å². The Labute approximate surface area is 134 Å². The highest BCUT2D eigenvalue weighted by molar-refractivity contribution is 5.68. The molecule has 0 aliphatic carbocycles. The van der Waals surface area contributed by atoms with Gasteiger partial charge in [0.05, 0.1) is 11.9 Å². The van der Waals surface area contributed by atoms with E-state index in [9.17, 15) is 13.6 Å². The minimum atomic E-state index is -2.88. The van der Waals surface area contributed by atoms with Crippen LogP contribution in [0.1, 0.15) is 20.8 Å². The molecule has 0 atom stereocenters. The minimum absolute atomic E-state index is 0.115. The fraction of sp³-hybridized carbons (Fsp3) is 0.600. The van der Waals surface area contributed by atoms with Crippen LogP contribution in [0.3, 0.4) is 0 Å². The van der Waals surface area contributed by atoms with Gasteiger partial charge in [0.25, 0.3) is 0 Å². The number of carbonyl (C=O) groups is 1. The zero-order chi connectivity index (χ0) is 17.0. The number of halogens is 2. The third kappa shape index (κ3) is 5.22. The molecule has 1 aliphatic rings. The number of pyridine rings is 1. The van der Waals surface area contributed by atoms with Crippen LogP contribution in [0.15, 0.2) is 18.3 Å². The number of ether oxygens (including phenoxy) is 2. The van der Waals surface area contributed by atoms with E-state index < -0.39 is 12.2 Å². The Morgan fingerprint density at radius 2 is 1.87 bits per heavy atom. The normalized spacial score (nSPS) is 15.7. The second-order valence-corrected chi connectivity index (χ2v) is 6.19. The lowest BCUT2D eigenvalue weighted by Gasteiger charge is -2.36. The summed E-state index contributed by atoms with van der Waals surface area (Å²) in [6, 6.07) is 3.08. The summed E-state index contributed by atoms with van der Waals surface area (Å²) in [5, 5.41) is 0. The van der Waals surface area contributed by atoms with Gasteiger partial charge in [0, 0.05) is 32.2 Å². The summed E-state index contributed by atoms with van der Waals surface area (Å²) in [6.45, 7) is 4.91. The number of hydrogen-bond acceptors (Lipinski definition) is 5. The molecule has 0 spiro atoms. The van der Waals surface area contributed by atoms with Gasteiger partial charge in [0.15, 0.2) is 0 Å². The van der Waals surface area contributed by atoms with Crippen molar-refractivity contribution < 1.29 is 23.0 Å². The quantitative estimate of drug-likeness (QED) is 0.853. The van der Waals surface area contributed by atoms with Gasteiger partial charge in [-0.3, -0.25) is 0 Å². The average Bonchev–Trinajstić information content (AvgIpc) is 2.46. The number of amides is 1. The third-order valence-electron chi connectivity index (χ3n) is 3.23. The molecule has 0 saturated carbocycles. The number of piperazine rings is 1. The summed E-state index contributed by atoms with van der Waals surface area (Å²) in [5.74, 6) is -0.115. The summed E-state index contributed by atoms with van der Waals surface area (Å²) in [5.41, 5.74) is 0.286. The molecule has 0 unspecified atom stereocenters. The number of alkyl halides is 2. The van der Waals surface area contributed by atoms with Crippen molar-refractivity contribution in [2.75, 3.05) is 31.1 Å². The van der Waals surface area contributed by atoms with Crippen molar-refractivity contribution in [2.24, 2.45) is 0 Å². The van der Waals surface area contributed by atoms with Crippen LogP contribution in [-0.4, -0.2) is 54.4 Å². The lowest BCUT2D eigenvalue weighted by atomic mass is 10.2. The van der Waals surface area contributed by atoms with Crippen molar-refractivity contribution in [3.63, 3.8) is 0 Å². The van der Waals surface area contributed by atoms with Crippen molar-refractivity contribution in [3.8, 4) is 5.88 Å². The highest BCUT2D eigenvalue weighted by Crippen LogP contribution is 2.20. The number of anilines is 1. The van der Waals surface area contributed by atoms with Crippen LogP contribution in [0, 0.1) is 0 Å². The molecule has 1 aliphatic heterocycles. The van der Waals surface area contributed by atoms with E-state index in [-0.39, 0.29) is 12.0 Å². The van der Waals surface area contributed by atoms with E-state index in [0.717, 1.165) is 5.69 Å². The van der Waals surface area contributed by atoms with Crippen LogP contribution in [0.25, 0.3) is 0 Å². The summed E-state index contributed by atoms with van der Waals surface area (Å²) < 4.78 is 33.7. The van der Waals surface area contributed by atoms with E-state index in [1.807, 2.05) is 25.7 Å². The first kappa shape index (κ1) is 17.2. The van der Waals surface area contributed by atoms with Crippen LogP contribution < -0.4 is 9.64 Å². The van der Waals surface area contributed by atoms with Crippen molar-refractivity contribution in [3.05, 3.63) is 18.3 Å². The molecule has 0 aromatic carbocycles. The molecular formula is C15H21F2N3O3. The zero-order valence-corrected chi connectivity index (χ0v) is 13.5. The first-order chi connectivity index (χ1) is 10.7. The Morgan fingerprint density at radius 1 is 1.22 bits per heavy atom. The molecule has 2 rings (SSSR count). The molecule has 1 aromatic rings. The van der Waals surface area contributed by atoms with Gasteiger partial charge in [0.1, 0.15) is 5.60 Å². The van der Waals surface area contributed by atoms with E-state index in [0.29, 0.717) is 26.2 Å². The topological polar surface area (TPSA) is 54.9 Å². The van der Waals surface area contributed by atoms with E-state index in [4.69, 9.17) is 4.74 Å². The van der Waals surface area contributed by atoms with E-state index in [2.05, 4.69) is 9.72 Å². The van der Waals surface area contributed by atoms with E-state index in [1.54, 1.807) is 11.0 Å². The predicted octanol–water partition coefficient (Wildman–Crippen LogP) is 2.74. The lowest BCUT2D eigenvalue weighted by molar-refractivity contribution is -0.0528. The van der Waals surface area contributed by atoms with Crippen molar-refractivity contribution in [1.29, 1.82) is 0 Å². The van der Waals surface area contributed by atoms with Crippen LogP contribution in [0.4, 0.5) is 19.3 Å². The monoisotopic (exact) mass is 329 g/mol. The maximum atomic E-state index is 12.1. The summed E-state index contributed by atoms with van der Waals surface area (Å²) in [6.07, 6.45) is 1.16. The second-order valence-electron chi connectivity index (χ2n) is 6.19. The Morgan fingerprint density at radius 3 is 2.35 bits per heavy atom. The van der Waals surface area contributed by atoms with Gasteiger partial charge in [-0.25, -0.2) is 9.78 Å². The maximum Gasteiger partial charge on any atom is 0.410 e. The fourth-order valence-corrected chi connectivity index (χ4v) is 2.19. The first-order valence-electron chi connectivity index (χ1n) is 7.38. The Kier molecular flexibility index (Phi) is 5.23. The van der Waals surface area contributed by atoms with Crippen LogP contribution in [0.2, 0.25) is 0 Å². The van der Waals surface area contributed by atoms with Gasteiger partial charge in [-0.15, -0.1) is 0 Å². The van der Waals surface area contributed by atoms with E-state index in [1.165, 1.54) is 12.3 Å². The molecule has 1 aromatic heterocycles. The van der Waals surface area contributed by atoms with Crippen molar-refractivity contribution in [1.82, 2.24) is 9.88 Å². The largest absolute Gasteiger partial charge is 0.444 e. The number of aromatic nitrogens is 1. The third-order valence-corrected chi connectivity index (χ3v) is 3.23. The fourth-order valence-electron chi connectivity index (χ4n) is 2.19. The molecule has 128 valence electrons. The summed E-state index contributed by atoms with van der Waals surface area (Å²) in [4.78, 5) is 19.5. The average molecular weight is 329 g/mol. The molecule has 6 nitrogen and oxygen atoms in total. The second kappa shape index (κ2) is 6.97. The van der Waals surface area contributed by atoms with Crippen LogP contribution in [0.5, 0.6) is 5.88 Å². The molecule has 0 bridgehead atoms. The van der Waals surface area contributed by atoms with Gasteiger partial charge < -0.3 is 19.3 Å². The molecule has 1 saturated heterocycles. The Hall–Kier alpha value is -2.12. The van der Waals surface area contributed by atoms with E-state index >= 15 is 0 Å². The SMILES string of the molecule is CC(C)(C)OC(=O)N1CCN(c2ccc(OC(F)F)nc2)CC1. The van der Waals surface area contributed by atoms with Crippen molar-refractivity contribution in [2.45, 2.75) is 33.0 Å². The number of rotatable bonds is 3. The van der Waals surface area contributed by atoms with Crippen LogP contribution >= 0.6 is 0 Å². The predicted molar refractivity (Wildman–Crippen MR) is 80.9 cm³/mol. The van der Waals surface area contributed by atoms with Gasteiger partial charge in [-0.2, -0.15) is 8.78 Å². The van der Waals surface area contributed by atoms with Gasteiger partial charge in [-0.05, 0) is 26.8 Å². The van der Waals surface area contributed by atoms with Gasteiger partial charge in [-0.1, -0.05) is 0 Å². The smallest absolute Gasteiger partial charge is 0.410 e. The van der Waals surface area contributed by atoms with Crippen LogP contribution in [-0.2, 0) is 4.74 Å². The molecular weight excluding hydrogens is 308 g/mol. The molecule has 1 amide bonds. The Bertz CT molecular complexity index is 524. The lowest BCUT2D eigenvalue weighted by Crippen LogP contribution is -2.50. The first-order valence-corrected chi connectivity index (χ1v) is 7.38. The summed E-state index contributed by atoms with van der Waals surface area (Å²) in [7, 11) is 0. The Balaban J connectivity index is 1.88. The standard InChI is InChI=1S/C15H21F2N3O3/c1-15(2,3)23-14(21)20-8-6-19(7-9-20)11-4-5-12(18-10-11)22-13(16)17/h4-5,10,13H,6-9H2,1-3H3. The summed E-state index contributed by atoms with van der Waals surface area (Å²) >= 11 is 0. The highest BCUT2D eigenvalue weighted by atomic mass is 19.3. The minimum Gasteiger partial charge on any atom is -0.444 e. The molecule has 1 fully saturated rings. The number of carbonyl (C=O) groups excluding carboxylic acids is 1. The number of nitrogens with zero attached hydrogens (tertiary/aromatic N) is 3. The molecule has 2 heterocycles. The molecule has 0 N–H and O–H groups in total.